The van der Waals surface area contributed by atoms with E-state index in [-0.39, 0.29) is 34.8 Å². The lowest BCUT2D eigenvalue weighted by Gasteiger charge is -2.28. The second-order valence-electron chi connectivity index (χ2n) is 13.8. The van der Waals surface area contributed by atoms with Gasteiger partial charge in [-0.1, -0.05) is 26.0 Å². The average Bonchev–Trinajstić information content (AvgIpc) is 3.21. The van der Waals surface area contributed by atoms with Crippen LogP contribution in [0.3, 0.4) is 0 Å². The van der Waals surface area contributed by atoms with Crippen LogP contribution in [0, 0.1) is 11.8 Å². The molecule has 2 atom stereocenters. The molecule has 54 heavy (non-hydrogen) atoms. The highest BCUT2D eigenvalue weighted by Gasteiger charge is 2.27. The molecule has 2 aromatic carbocycles. The van der Waals surface area contributed by atoms with E-state index in [4.69, 9.17) is 37.9 Å². The average molecular weight is 755 g/mol. The summed E-state index contributed by atoms with van der Waals surface area (Å²) in [6, 6.07) is 10.6. The predicted molar refractivity (Wildman–Crippen MR) is 192 cm³/mol. The Kier molecular flexibility index (Phi) is 13.8. The quantitative estimate of drug-likeness (QED) is 0.363. The Morgan fingerprint density at radius 1 is 0.463 bits per heavy atom. The number of carbonyl (C=O) groups excluding carboxylic acids is 4. The van der Waals surface area contributed by atoms with Crippen molar-refractivity contribution in [2.45, 2.75) is 26.7 Å². The third-order valence-corrected chi connectivity index (χ3v) is 9.97. The fraction of sp³-hybridized carbons (Fsp3) is 0.579. The summed E-state index contributed by atoms with van der Waals surface area (Å²) in [5.41, 5.74) is 1.80. The lowest BCUT2D eigenvalue weighted by Crippen LogP contribution is -2.43. The molecule has 16 nitrogen and oxygen atoms in total. The number of carbonyl (C=O) groups is 4. The van der Waals surface area contributed by atoms with Crippen LogP contribution < -0.4 is 18.9 Å². The van der Waals surface area contributed by atoms with E-state index in [1.807, 2.05) is 12.1 Å². The zero-order valence-corrected chi connectivity index (χ0v) is 31.0. The molecule has 0 bridgehead atoms. The highest BCUT2D eigenvalue weighted by Crippen LogP contribution is 2.34. The highest BCUT2D eigenvalue weighted by atomic mass is 16.6. The van der Waals surface area contributed by atoms with Gasteiger partial charge in [0, 0.05) is 52.4 Å². The van der Waals surface area contributed by atoms with E-state index >= 15 is 0 Å². The van der Waals surface area contributed by atoms with Crippen molar-refractivity contribution in [2.24, 2.45) is 11.8 Å². The molecule has 0 radical (unpaired) electrons. The molecule has 294 valence electrons. The van der Waals surface area contributed by atoms with Gasteiger partial charge in [0.2, 0.25) is 0 Å². The first kappa shape index (κ1) is 39.1. The third kappa shape index (κ3) is 10.7. The van der Waals surface area contributed by atoms with Crippen molar-refractivity contribution >= 4 is 24.4 Å². The maximum atomic E-state index is 13.1. The van der Waals surface area contributed by atoms with Crippen molar-refractivity contribution < 1.29 is 57.1 Å². The molecule has 4 fully saturated rings. The Hall–Kier alpha value is -4.64. The molecule has 0 aliphatic carbocycles. The van der Waals surface area contributed by atoms with Crippen LogP contribution in [0.1, 0.15) is 25.0 Å². The fourth-order valence-corrected chi connectivity index (χ4v) is 6.45. The zero-order chi connectivity index (χ0) is 37.9. The van der Waals surface area contributed by atoms with E-state index < -0.39 is 24.4 Å². The summed E-state index contributed by atoms with van der Waals surface area (Å²) < 4.78 is 44.6. The molecule has 2 aromatic rings. The molecule has 2 unspecified atom stereocenters. The van der Waals surface area contributed by atoms with Crippen LogP contribution in [0.15, 0.2) is 36.4 Å². The molecule has 6 rings (SSSR count). The van der Waals surface area contributed by atoms with Gasteiger partial charge in [0.15, 0.2) is 23.0 Å². The number of ether oxygens (including phenoxy) is 8. The fourth-order valence-electron chi connectivity index (χ4n) is 6.45. The van der Waals surface area contributed by atoms with Gasteiger partial charge in [0.25, 0.3) is 0 Å². The summed E-state index contributed by atoms with van der Waals surface area (Å²) >= 11 is 0. The summed E-state index contributed by atoms with van der Waals surface area (Å²) in [6.45, 7) is 10.9. The molecule has 4 amide bonds. The predicted octanol–water partition coefficient (Wildman–Crippen LogP) is 4.07. The van der Waals surface area contributed by atoms with Gasteiger partial charge in [0.1, 0.15) is 0 Å². The van der Waals surface area contributed by atoms with Crippen LogP contribution in [-0.2, 0) is 31.8 Å². The maximum absolute atomic E-state index is 13.1. The monoisotopic (exact) mass is 754 g/mol. The first-order valence-corrected chi connectivity index (χ1v) is 18.7. The van der Waals surface area contributed by atoms with Crippen molar-refractivity contribution in [1.29, 1.82) is 0 Å². The van der Waals surface area contributed by atoms with Gasteiger partial charge < -0.3 is 57.5 Å². The molecule has 0 N–H and O–H groups in total. The Morgan fingerprint density at radius 3 is 1.00 bits per heavy atom. The minimum atomic E-state index is -0.537. The lowest BCUT2D eigenvalue weighted by molar-refractivity contribution is 0.0390. The van der Waals surface area contributed by atoms with Crippen molar-refractivity contribution in [1.82, 2.24) is 19.6 Å². The summed E-state index contributed by atoms with van der Waals surface area (Å²) in [7, 11) is 0. The molecular formula is C38H50N4O12. The summed E-state index contributed by atoms with van der Waals surface area (Å²) in [6.07, 6.45) is -0.874. The molecule has 4 saturated heterocycles. The van der Waals surface area contributed by atoms with Gasteiger partial charge >= 0.3 is 24.4 Å². The van der Waals surface area contributed by atoms with Gasteiger partial charge in [0.05, 0.1) is 52.9 Å². The molecule has 4 aliphatic heterocycles. The minimum absolute atomic E-state index is 0.146. The van der Waals surface area contributed by atoms with Crippen molar-refractivity contribution in [2.75, 3.05) is 105 Å². The molecule has 0 spiro atoms. The number of hydrogen-bond donors (Lipinski definition) is 0. The lowest BCUT2D eigenvalue weighted by atomic mass is 9.85. The summed E-state index contributed by atoms with van der Waals surface area (Å²) in [5, 5.41) is 0. The Labute approximate surface area is 315 Å². The highest BCUT2D eigenvalue weighted by molar-refractivity contribution is 5.76. The minimum Gasteiger partial charge on any atom is -0.406 e. The van der Waals surface area contributed by atoms with Crippen LogP contribution in [-0.4, -0.2) is 149 Å². The van der Waals surface area contributed by atoms with Gasteiger partial charge in [-0.25, -0.2) is 19.2 Å². The van der Waals surface area contributed by atoms with Crippen LogP contribution in [0.5, 0.6) is 23.0 Å². The second-order valence-corrected chi connectivity index (χ2v) is 13.8. The smallest absolute Gasteiger partial charge is 0.406 e. The van der Waals surface area contributed by atoms with Crippen LogP contribution >= 0.6 is 0 Å². The second kappa shape index (κ2) is 19.1. The normalized spacial score (nSPS) is 19.1. The van der Waals surface area contributed by atoms with Gasteiger partial charge in [-0.05, 0) is 60.1 Å². The number of morpholine rings is 4. The molecule has 4 heterocycles. The van der Waals surface area contributed by atoms with Crippen LogP contribution in [0.4, 0.5) is 19.2 Å². The number of rotatable bonds is 9. The van der Waals surface area contributed by atoms with Crippen molar-refractivity contribution in [3.05, 3.63) is 47.5 Å². The molecular weight excluding hydrogens is 704 g/mol. The number of nitrogens with zero attached hydrogens (tertiary/aromatic N) is 4. The van der Waals surface area contributed by atoms with Gasteiger partial charge in [-0.15, -0.1) is 0 Å². The van der Waals surface area contributed by atoms with Crippen molar-refractivity contribution in [3.63, 3.8) is 0 Å². The van der Waals surface area contributed by atoms with Crippen LogP contribution in [0.2, 0.25) is 0 Å². The molecule has 0 saturated carbocycles. The Balaban J connectivity index is 1.14. The van der Waals surface area contributed by atoms with E-state index in [0.29, 0.717) is 118 Å². The molecule has 4 aliphatic rings. The van der Waals surface area contributed by atoms with Crippen LogP contribution in [0.25, 0.3) is 0 Å². The van der Waals surface area contributed by atoms with Crippen molar-refractivity contribution in [3.8, 4) is 23.0 Å². The maximum Gasteiger partial charge on any atom is 0.415 e. The standard InChI is InChI=1S/C38H50N4O12/c1-27(23-29-3-5-31(51-35(43)39-7-15-47-16-8-39)33(25-29)53-37(45)41-11-19-49-20-12-41)28(2)24-30-4-6-32(52-36(44)40-9-17-48-18-10-40)34(26-30)54-38(46)42-13-21-50-22-14-42/h3-6,25-28H,7-24H2,1-2H3. The summed E-state index contributed by atoms with van der Waals surface area (Å²) in [5.74, 6) is 0.941. The van der Waals surface area contributed by atoms with E-state index in [2.05, 4.69) is 13.8 Å². The van der Waals surface area contributed by atoms with E-state index in [0.717, 1.165) is 11.1 Å². The zero-order valence-electron chi connectivity index (χ0n) is 31.0. The summed E-state index contributed by atoms with van der Waals surface area (Å²) in [4.78, 5) is 58.4. The van der Waals surface area contributed by atoms with Gasteiger partial charge in [-0.2, -0.15) is 0 Å². The van der Waals surface area contributed by atoms with E-state index in [1.54, 1.807) is 43.9 Å². The topological polar surface area (TPSA) is 155 Å². The van der Waals surface area contributed by atoms with E-state index in [1.165, 1.54) is 0 Å². The first-order chi connectivity index (χ1) is 26.2. The Bertz CT molecular complexity index is 1480. The van der Waals surface area contributed by atoms with E-state index in [9.17, 15) is 19.2 Å². The Morgan fingerprint density at radius 2 is 0.722 bits per heavy atom. The largest absolute Gasteiger partial charge is 0.415 e. The number of benzene rings is 2. The number of amides is 4. The van der Waals surface area contributed by atoms with Gasteiger partial charge in [-0.3, -0.25) is 0 Å². The molecule has 0 aromatic heterocycles. The first-order valence-electron chi connectivity index (χ1n) is 18.7. The molecule has 16 heteroatoms. The third-order valence-electron chi connectivity index (χ3n) is 9.97. The number of hydrogen-bond acceptors (Lipinski definition) is 12. The SMILES string of the molecule is CC(Cc1ccc(OC(=O)N2CCOCC2)c(OC(=O)N2CCOCC2)c1)C(C)Cc1ccc(OC(=O)N2CCOCC2)c(OC(=O)N2CCOCC2)c1.